The molecule has 1 atom stereocenters. The smallest absolute Gasteiger partial charge is 0.319 e. The van der Waals surface area contributed by atoms with E-state index in [2.05, 4.69) is 25.8 Å². The number of benzene rings is 1. The van der Waals surface area contributed by atoms with Gasteiger partial charge in [-0.1, -0.05) is 0 Å². The molecule has 0 saturated heterocycles. The molecule has 2 amide bonds. The molecule has 2 heterocycles. The standard InChI is InChI=1S/C22H23FN6O4/c1-13(33-16-5-7-19(25-11-16)21(31)14-2-3-14)20-12-26-29(28-20)15-4-6-18(17(23)10-15)27-22(32)24-8-9-30/h4-7,10-14,30H,2-3,8-9H2,1H3,(H2,24,27,32)/t13-/m1/s1. The van der Waals surface area contributed by atoms with Gasteiger partial charge in [0.15, 0.2) is 5.78 Å². The van der Waals surface area contributed by atoms with E-state index >= 15 is 0 Å². The van der Waals surface area contributed by atoms with E-state index in [1.807, 2.05) is 0 Å². The lowest BCUT2D eigenvalue weighted by atomic mass is 10.2. The minimum atomic E-state index is -0.665. The fourth-order valence-electron chi connectivity index (χ4n) is 3.07. The second kappa shape index (κ2) is 9.74. The van der Waals surface area contributed by atoms with E-state index in [-0.39, 0.29) is 30.5 Å². The number of hydrogen-bond acceptors (Lipinski definition) is 7. The SMILES string of the molecule is C[C@@H](Oc1ccc(C(=O)C2CC2)nc1)c1cnn(-c2ccc(NC(=O)NCCO)c(F)c2)n1. The maximum Gasteiger partial charge on any atom is 0.319 e. The lowest BCUT2D eigenvalue weighted by Crippen LogP contribution is -2.31. The minimum Gasteiger partial charge on any atom is -0.483 e. The van der Waals surface area contributed by atoms with Crippen LogP contribution in [0.25, 0.3) is 5.69 Å². The second-order valence-corrected chi connectivity index (χ2v) is 7.61. The number of amides is 2. The van der Waals surface area contributed by atoms with E-state index in [9.17, 15) is 14.0 Å². The van der Waals surface area contributed by atoms with E-state index in [0.29, 0.717) is 22.8 Å². The average Bonchev–Trinajstić information content (AvgIpc) is 3.55. The number of carbonyl (C=O) groups excluding carboxylic acids is 2. The van der Waals surface area contributed by atoms with Crippen molar-refractivity contribution in [3.8, 4) is 11.4 Å². The van der Waals surface area contributed by atoms with Crippen molar-refractivity contribution < 1.29 is 23.8 Å². The fraction of sp³-hybridized carbons (Fsp3) is 0.318. The molecule has 0 bridgehead atoms. The fourth-order valence-corrected chi connectivity index (χ4v) is 3.07. The van der Waals surface area contributed by atoms with Gasteiger partial charge in [-0.15, -0.1) is 5.10 Å². The topological polar surface area (TPSA) is 131 Å². The molecule has 1 aliphatic carbocycles. The summed E-state index contributed by atoms with van der Waals surface area (Å²) in [7, 11) is 0. The van der Waals surface area contributed by atoms with E-state index < -0.39 is 18.0 Å². The molecule has 3 aromatic rings. The molecule has 3 N–H and O–H groups in total. The van der Waals surface area contributed by atoms with Crippen molar-refractivity contribution in [2.45, 2.75) is 25.9 Å². The minimum absolute atomic E-state index is 0.0191. The highest BCUT2D eigenvalue weighted by Crippen LogP contribution is 2.32. The Kier molecular flexibility index (Phi) is 6.59. The molecule has 11 heteroatoms. The number of nitrogens with one attached hydrogen (secondary N) is 2. The van der Waals surface area contributed by atoms with E-state index in [1.165, 1.54) is 29.3 Å². The maximum atomic E-state index is 14.4. The molecule has 10 nitrogen and oxygen atoms in total. The van der Waals surface area contributed by atoms with Gasteiger partial charge in [0.2, 0.25) is 0 Å². The summed E-state index contributed by atoms with van der Waals surface area (Å²) >= 11 is 0. The summed E-state index contributed by atoms with van der Waals surface area (Å²) < 4.78 is 20.2. The van der Waals surface area contributed by atoms with Crippen LogP contribution < -0.4 is 15.4 Å². The van der Waals surface area contributed by atoms with Crippen LogP contribution in [0.1, 0.15) is 42.1 Å². The number of carbonyl (C=O) groups is 2. The number of aliphatic hydroxyl groups excluding tert-OH is 1. The number of halogens is 1. The first-order valence-electron chi connectivity index (χ1n) is 10.5. The summed E-state index contributed by atoms with van der Waals surface area (Å²) in [6.07, 6.45) is 4.40. The Bertz CT molecular complexity index is 1150. The van der Waals surface area contributed by atoms with Crippen LogP contribution in [0.3, 0.4) is 0 Å². The van der Waals surface area contributed by atoms with Crippen molar-refractivity contribution in [3.05, 3.63) is 59.9 Å². The molecule has 0 spiro atoms. The third kappa shape index (κ3) is 5.50. The number of aliphatic hydroxyl groups is 1. The van der Waals surface area contributed by atoms with Gasteiger partial charge in [-0.25, -0.2) is 14.2 Å². The molecule has 172 valence electrons. The Morgan fingerprint density at radius 2 is 2.09 bits per heavy atom. The van der Waals surface area contributed by atoms with Crippen molar-refractivity contribution >= 4 is 17.5 Å². The van der Waals surface area contributed by atoms with Crippen LogP contribution in [-0.2, 0) is 0 Å². The molecule has 0 unspecified atom stereocenters. The van der Waals surface area contributed by atoms with Crippen molar-refractivity contribution in [2.75, 3.05) is 18.5 Å². The number of urea groups is 1. The zero-order valence-corrected chi connectivity index (χ0v) is 17.9. The molecule has 0 aliphatic heterocycles. The van der Waals surface area contributed by atoms with Crippen molar-refractivity contribution in [2.24, 2.45) is 5.92 Å². The van der Waals surface area contributed by atoms with Gasteiger partial charge in [-0.3, -0.25) is 4.79 Å². The normalized spacial score (nSPS) is 13.9. The first-order chi connectivity index (χ1) is 15.9. The number of ketones is 1. The van der Waals surface area contributed by atoms with E-state index in [4.69, 9.17) is 9.84 Å². The molecular weight excluding hydrogens is 431 g/mol. The lowest BCUT2D eigenvalue weighted by Gasteiger charge is -2.12. The van der Waals surface area contributed by atoms with E-state index in [0.717, 1.165) is 12.8 Å². The Morgan fingerprint density at radius 1 is 1.27 bits per heavy atom. The highest BCUT2D eigenvalue weighted by atomic mass is 19.1. The van der Waals surface area contributed by atoms with Gasteiger partial charge in [0.05, 0.1) is 30.4 Å². The number of pyridine rings is 1. The first-order valence-corrected chi connectivity index (χ1v) is 10.5. The molecule has 2 aromatic heterocycles. The van der Waals surface area contributed by atoms with Gasteiger partial charge in [-0.05, 0) is 44.0 Å². The largest absolute Gasteiger partial charge is 0.483 e. The van der Waals surface area contributed by atoms with Crippen molar-refractivity contribution in [3.63, 3.8) is 0 Å². The summed E-state index contributed by atoms with van der Waals surface area (Å²) in [5, 5.41) is 21.9. The molecule has 1 saturated carbocycles. The summed E-state index contributed by atoms with van der Waals surface area (Å²) in [5.74, 6) is 0.000150. The molecule has 4 rings (SSSR count). The molecule has 1 aliphatic rings. The first kappa shape index (κ1) is 22.3. The van der Waals surface area contributed by atoms with Crippen LogP contribution >= 0.6 is 0 Å². The number of anilines is 1. The monoisotopic (exact) mass is 454 g/mol. The number of nitrogens with zero attached hydrogens (tertiary/aromatic N) is 4. The van der Waals surface area contributed by atoms with Gasteiger partial charge >= 0.3 is 6.03 Å². The van der Waals surface area contributed by atoms with Gasteiger partial charge in [-0.2, -0.15) is 9.90 Å². The summed E-state index contributed by atoms with van der Waals surface area (Å²) in [6, 6.07) is 6.86. The van der Waals surface area contributed by atoms with Crippen LogP contribution in [-0.4, -0.2) is 50.1 Å². The van der Waals surface area contributed by atoms with Crippen molar-refractivity contribution in [1.82, 2.24) is 25.3 Å². The number of hydrogen-bond donors (Lipinski definition) is 3. The Morgan fingerprint density at radius 3 is 2.76 bits per heavy atom. The van der Waals surface area contributed by atoms with Gasteiger partial charge in [0, 0.05) is 18.5 Å². The lowest BCUT2D eigenvalue weighted by molar-refractivity contribution is 0.0962. The molecule has 1 fully saturated rings. The summed E-state index contributed by atoms with van der Waals surface area (Å²) in [4.78, 5) is 29.1. The van der Waals surface area contributed by atoms with Crippen LogP contribution in [0, 0.1) is 11.7 Å². The average molecular weight is 454 g/mol. The third-order valence-corrected chi connectivity index (χ3v) is 5.01. The third-order valence-electron chi connectivity index (χ3n) is 5.01. The van der Waals surface area contributed by atoms with Crippen LogP contribution in [0.5, 0.6) is 5.75 Å². The molecular formula is C22H23FN6O4. The van der Waals surface area contributed by atoms with Crippen molar-refractivity contribution in [1.29, 1.82) is 0 Å². The number of rotatable bonds is 9. The predicted molar refractivity (Wildman–Crippen MR) is 116 cm³/mol. The van der Waals surface area contributed by atoms with E-state index in [1.54, 1.807) is 25.1 Å². The highest BCUT2D eigenvalue weighted by Gasteiger charge is 2.31. The quantitative estimate of drug-likeness (QED) is 0.424. The summed E-state index contributed by atoms with van der Waals surface area (Å²) in [5.41, 5.74) is 1.29. The van der Waals surface area contributed by atoms with Gasteiger partial charge in [0.25, 0.3) is 0 Å². The zero-order chi connectivity index (χ0) is 23.4. The number of ether oxygens (including phenoxy) is 1. The van der Waals surface area contributed by atoms with Crippen LogP contribution in [0.15, 0.2) is 42.7 Å². The maximum absolute atomic E-state index is 14.4. The molecule has 1 aromatic carbocycles. The Balaban J connectivity index is 1.39. The molecule has 33 heavy (non-hydrogen) atoms. The van der Waals surface area contributed by atoms with Crippen LogP contribution in [0.4, 0.5) is 14.9 Å². The van der Waals surface area contributed by atoms with Gasteiger partial charge in [0.1, 0.15) is 29.1 Å². The predicted octanol–water partition coefficient (Wildman–Crippen LogP) is 2.65. The summed E-state index contributed by atoms with van der Waals surface area (Å²) in [6.45, 7) is 1.63. The highest BCUT2D eigenvalue weighted by molar-refractivity contribution is 5.97. The number of Topliss-reactive ketones (excluding diaryl/α,β-unsaturated/α-hetero) is 1. The van der Waals surface area contributed by atoms with Gasteiger partial charge < -0.3 is 20.5 Å². The zero-order valence-electron chi connectivity index (χ0n) is 17.9. The van der Waals surface area contributed by atoms with Crippen LogP contribution in [0.2, 0.25) is 0 Å². The Labute approximate surface area is 188 Å². The Hall–Kier alpha value is -3.86. The second-order valence-electron chi connectivity index (χ2n) is 7.61. The number of aromatic nitrogens is 4. The molecule has 0 radical (unpaired) electrons.